The van der Waals surface area contributed by atoms with E-state index in [9.17, 15) is 10.1 Å². The summed E-state index contributed by atoms with van der Waals surface area (Å²) in [4.78, 5) is 11.9. The first-order chi connectivity index (χ1) is 9.69. The summed E-state index contributed by atoms with van der Waals surface area (Å²) in [6.45, 7) is 0.946. The number of tetrazole rings is 1. The zero-order chi connectivity index (χ0) is 14.4. The van der Waals surface area contributed by atoms with E-state index in [1.54, 1.807) is 4.68 Å². The lowest BCUT2D eigenvalue weighted by molar-refractivity contribution is -0.119. The van der Waals surface area contributed by atoms with Crippen molar-refractivity contribution in [3.63, 3.8) is 0 Å². The molecule has 0 atom stereocenters. The standard InChI is InChI=1S/C11H17N7OS/c12-5-6-18-10(15-16-17-18)20-7-9(19)14-11(8-13)3-1-2-4-11/h1-7,12H2,(H,14,19). The fourth-order valence-corrected chi connectivity index (χ4v) is 2.94. The molecule has 1 saturated carbocycles. The summed E-state index contributed by atoms with van der Waals surface area (Å²) in [5.74, 6) is 0.0229. The van der Waals surface area contributed by atoms with Crippen molar-refractivity contribution in [2.75, 3.05) is 12.3 Å². The molecule has 0 aromatic carbocycles. The van der Waals surface area contributed by atoms with Crippen molar-refractivity contribution in [1.82, 2.24) is 25.5 Å². The summed E-state index contributed by atoms with van der Waals surface area (Å²) >= 11 is 1.24. The number of rotatable bonds is 6. The van der Waals surface area contributed by atoms with Gasteiger partial charge in [-0.3, -0.25) is 4.79 Å². The smallest absolute Gasteiger partial charge is 0.231 e. The Bertz CT molecular complexity index is 503. The van der Waals surface area contributed by atoms with Gasteiger partial charge < -0.3 is 11.1 Å². The number of nitriles is 1. The van der Waals surface area contributed by atoms with Gasteiger partial charge in [0, 0.05) is 6.54 Å². The Morgan fingerprint density at radius 3 is 2.95 bits per heavy atom. The molecule has 1 heterocycles. The fraction of sp³-hybridized carbons (Fsp3) is 0.727. The van der Waals surface area contributed by atoms with E-state index in [0.717, 1.165) is 25.7 Å². The molecule has 0 unspecified atom stereocenters. The van der Waals surface area contributed by atoms with Gasteiger partial charge in [-0.1, -0.05) is 11.8 Å². The van der Waals surface area contributed by atoms with Gasteiger partial charge in [-0.15, -0.1) is 5.10 Å². The highest BCUT2D eigenvalue weighted by atomic mass is 32.2. The maximum atomic E-state index is 11.9. The van der Waals surface area contributed by atoms with Gasteiger partial charge in [-0.25, -0.2) is 4.68 Å². The van der Waals surface area contributed by atoms with Crippen molar-refractivity contribution >= 4 is 17.7 Å². The molecule has 1 aliphatic carbocycles. The summed E-state index contributed by atoms with van der Waals surface area (Å²) in [6, 6.07) is 2.23. The van der Waals surface area contributed by atoms with Crippen LogP contribution in [0.25, 0.3) is 0 Å². The minimum atomic E-state index is -0.680. The summed E-state index contributed by atoms with van der Waals surface area (Å²) in [6.07, 6.45) is 3.42. The molecule has 9 heteroatoms. The first-order valence-electron chi connectivity index (χ1n) is 6.50. The lowest BCUT2D eigenvalue weighted by Gasteiger charge is -2.21. The molecule has 1 aromatic heterocycles. The third-order valence-corrected chi connectivity index (χ3v) is 4.18. The number of nitrogens with zero attached hydrogens (tertiary/aromatic N) is 5. The molecule has 0 saturated heterocycles. The lowest BCUT2D eigenvalue weighted by atomic mass is 10.0. The number of carbonyl (C=O) groups excluding carboxylic acids is 1. The molecule has 3 N–H and O–H groups in total. The number of nitrogens with one attached hydrogen (secondary N) is 1. The number of aromatic nitrogens is 4. The number of amides is 1. The van der Waals surface area contributed by atoms with Crippen molar-refractivity contribution in [2.24, 2.45) is 5.73 Å². The zero-order valence-corrected chi connectivity index (χ0v) is 11.9. The van der Waals surface area contributed by atoms with E-state index in [1.165, 1.54) is 11.8 Å². The Balaban J connectivity index is 1.86. The van der Waals surface area contributed by atoms with Gasteiger partial charge in [0.1, 0.15) is 5.54 Å². The molecule has 20 heavy (non-hydrogen) atoms. The van der Waals surface area contributed by atoms with Gasteiger partial charge in [0.15, 0.2) is 0 Å². The van der Waals surface area contributed by atoms with Crippen LogP contribution >= 0.6 is 11.8 Å². The molecule has 1 fully saturated rings. The van der Waals surface area contributed by atoms with Crippen LogP contribution in [0.5, 0.6) is 0 Å². The maximum Gasteiger partial charge on any atom is 0.231 e. The number of hydrogen-bond acceptors (Lipinski definition) is 7. The summed E-state index contributed by atoms with van der Waals surface area (Å²) in [7, 11) is 0. The largest absolute Gasteiger partial charge is 0.337 e. The van der Waals surface area contributed by atoms with Crippen LogP contribution in [0.2, 0.25) is 0 Å². The van der Waals surface area contributed by atoms with Crippen LogP contribution in [0.15, 0.2) is 5.16 Å². The van der Waals surface area contributed by atoms with Crippen molar-refractivity contribution in [1.29, 1.82) is 5.26 Å². The monoisotopic (exact) mass is 295 g/mol. The van der Waals surface area contributed by atoms with Crippen molar-refractivity contribution in [3.8, 4) is 6.07 Å². The third kappa shape index (κ3) is 3.46. The van der Waals surface area contributed by atoms with Crippen LogP contribution in [0.4, 0.5) is 0 Å². The highest BCUT2D eigenvalue weighted by Gasteiger charge is 2.35. The molecule has 1 amide bonds. The van der Waals surface area contributed by atoms with E-state index in [4.69, 9.17) is 5.73 Å². The van der Waals surface area contributed by atoms with Crippen molar-refractivity contribution in [3.05, 3.63) is 0 Å². The predicted octanol–water partition coefficient (Wildman–Crippen LogP) is -0.324. The Kier molecular flexibility index (Phi) is 4.92. The zero-order valence-electron chi connectivity index (χ0n) is 11.1. The van der Waals surface area contributed by atoms with E-state index < -0.39 is 5.54 Å². The van der Waals surface area contributed by atoms with E-state index in [0.29, 0.717) is 18.2 Å². The van der Waals surface area contributed by atoms with Gasteiger partial charge >= 0.3 is 0 Å². The summed E-state index contributed by atoms with van der Waals surface area (Å²) in [5.41, 5.74) is 4.77. The van der Waals surface area contributed by atoms with Crippen LogP contribution < -0.4 is 11.1 Å². The van der Waals surface area contributed by atoms with Crippen LogP contribution in [0.1, 0.15) is 25.7 Å². The van der Waals surface area contributed by atoms with E-state index >= 15 is 0 Å². The summed E-state index contributed by atoms with van der Waals surface area (Å²) < 4.78 is 1.56. The molecule has 0 aliphatic heterocycles. The minimum absolute atomic E-state index is 0.166. The SMILES string of the molecule is N#CC1(NC(=O)CSc2nnnn2CCN)CCCC1. The van der Waals surface area contributed by atoms with Crippen LogP contribution in [0.3, 0.4) is 0 Å². The quantitative estimate of drug-likeness (QED) is 0.689. The number of carbonyl (C=O) groups is 1. The molecule has 0 radical (unpaired) electrons. The Morgan fingerprint density at radius 1 is 1.55 bits per heavy atom. The second-order valence-electron chi connectivity index (χ2n) is 4.71. The van der Waals surface area contributed by atoms with E-state index in [-0.39, 0.29) is 11.7 Å². The van der Waals surface area contributed by atoms with Crippen LogP contribution in [-0.2, 0) is 11.3 Å². The number of hydrogen-bond donors (Lipinski definition) is 2. The molecular weight excluding hydrogens is 278 g/mol. The summed E-state index contributed by atoms with van der Waals surface area (Å²) in [5, 5.41) is 23.8. The van der Waals surface area contributed by atoms with Gasteiger partial charge in [-0.2, -0.15) is 5.26 Å². The molecule has 8 nitrogen and oxygen atoms in total. The number of nitrogens with two attached hydrogens (primary N) is 1. The van der Waals surface area contributed by atoms with Gasteiger partial charge in [0.2, 0.25) is 11.1 Å². The predicted molar refractivity (Wildman–Crippen MR) is 72.6 cm³/mol. The average Bonchev–Trinajstić information content (AvgIpc) is 3.07. The molecule has 1 aromatic rings. The fourth-order valence-electron chi connectivity index (χ4n) is 2.24. The van der Waals surface area contributed by atoms with Crippen molar-refractivity contribution < 1.29 is 4.79 Å². The van der Waals surface area contributed by atoms with Gasteiger partial charge in [-0.05, 0) is 36.1 Å². The lowest BCUT2D eigenvalue weighted by Crippen LogP contribution is -2.45. The van der Waals surface area contributed by atoms with Crippen LogP contribution in [-0.4, -0.2) is 44.0 Å². The molecule has 0 spiro atoms. The first kappa shape index (κ1) is 14.7. The molecule has 1 aliphatic rings. The molecule has 108 valence electrons. The Hall–Kier alpha value is -1.66. The Morgan fingerprint density at radius 2 is 2.30 bits per heavy atom. The van der Waals surface area contributed by atoms with Gasteiger partial charge in [0.05, 0.1) is 18.4 Å². The number of thioether (sulfide) groups is 1. The molecular formula is C11H17N7OS. The second-order valence-corrected chi connectivity index (χ2v) is 5.65. The Labute approximate surface area is 121 Å². The molecule has 2 rings (SSSR count). The van der Waals surface area contributed by atoms with Crippen LogP contribution in [0, 0.1) is 11.3 Å². The van der Waals surface area contributed by atoms with E-state index in [1.807, 2.05) is 0 Å². The minimum Gasteiger partial charge on any atom is -0.337 e. The maximum absolute atomic E-state index is 11.9. The highest BCUT2D eigenvalue weighted by molar-refractivity contribution is 7.99. The molecule has 0 bridgehead atoms. The topological polar surface area (TPSA) is 123 Å². The third-order valence-electron chi connectivity index (χ3n) is 3.22. The highest BCUT2D eigenvalue weighted by Crippen LogP contribution is 2.29. The van der Waals surface area contributed by atoms with Gasteiger partial charge in [0.25, 0.3) is 0 Å². The van der Waals surface area contributed by atoms with E-state index in [2.05, 4.69) is 26.9 Å². The first-order valence-corrected chi connectivity index (χ1v) is 7.49. The second kappa shape index (κ2) is 6.67. The van der Waals surface area contributed by atoms with Crippen molar-refractivity contribution in [2.45, 2.75) is 42.9 Å². The normalized spacial score (nSPS) is 16.8. The average molecular weight is 295 g/mol.